The summed E-state index contributed by atoms with van der Waals surface area (Å²) >= 11 is 0. The average Bonchev–Trinajstić information content (AvgIpc) is 3.26. The van der Waals surface area contributed by atoms with Crippen molar-refractivity contribution in [2.24, 2.45) is 0 Å². The van der Waals surface area contributed by atoms with Crippen molar-refractivity contribution in [3.8, 4) is 0 Å². The summed E-state index contributed by atoms with van der Waals surface area (Å²) < 4.78 is 7.87. The van der Waals surface area contributed by atoms with Gasteiger partial charge in [0.2, 0.25) is 0 Å². The van der Waals surface area contributed by atoms with Crippen LogP contribution < -0.4 is 0 Å². The van der Waals surface area contributed by atoms with Gasteiger partial charge in [-0.2, -0.15) is 5.10 Å². The Labute approximate surface area is 149 Å². The number of hydrogen-bond donors (Lipinski definition) is 1. The SMILES string of the molecule is CO[C@@]12CC[C@H](O)C[C@@H]1N(Cc1ccc(Cn3cccn3)cc1)CC2. The highest BCUT2D eigenvalue weighted by atomic mass is 16.5. The number of methoxy groups -OCH3 is 1. The van der Waals surface area contributed by atoms with E-state index in [0.29, 0.717) is 6.04 Å². The van der Waals surface area contributed by atoms with Crippen LogP contribution in [0.1, 0.15) is 36.8 Å². The van der Waals surface area contributed by atoms with Crippen LogP contribution in [0.2, 0.25) is 0 Å². The molecule has 1 aromatic carbocycles. The fourth-order valence-corrected chi connectivity index (χ4v) is 4.53. The van der Waals surface area contributed by atoms with E-state index in [-0.39, 0.29) is 11.7 Å². The zero-order chi connectivity index (χ0) is 17.3. The van der Waals surface area contributed by atoms with Gasteiger partial charge in [0, 0.05) is 38.6 Å². The van der Waals surface area contributed by atoms with E-state index in [4.69, 9.17) is 4.74 Å². The maximum Gasteiger partial charge on any atom is 0.0847 e. The summed E-state index contributed by atoms with van der Waals surface area (Å²) in [6.07, 6.45) is 7.32. The monoisotopic (exact) mass is 341 g/mol. The summed E-state index contributed by atoms with van der Waals surface area (Å²) in [7, 11) is 1.83. The van der Waals surface area contributed by atoms with Crippen LogP contribution in [0.15, 0.2) is 42.7 Å². The van der Waals surface area contributed by atoms with Crippen LogP contribution in [0.4, 0.5) is 0 Å². The first-order valence-electron chi connectivity index (χ1n) is 9.21. The van der Waals surface area contributed by atoms with E-state index in [9.17, 15) is 5.11 Å². The van der Waals surface area contributed by atoms with Gasteiger partial charge in [-0.25, -0.2) is 0 Å². The van der Waals surface area contributed by atoms with Gasteiger partial charge in [0.25, 0.3) is 0 Å². The average molecular weight is 341 g/mol. The molecular weight excluding hydrogens is 314 g/mol. The van der Waals surface area contributed by atoms with Crippen LogP contribution in [0.3, 0.4) is 0 Å². The number of hydrogen-bond acceptors (Lipinski definition) is 4. The van der Waals surface area contributed by atoms with Crippen LogP contribution >= 0.6 is 0 Å². The Morgan fingerprint density at radius 3 is 2.64 bits per heavy atom. The molecule has 1 aliphatic carbocycles. The zero-order valence-corrected chi connectivity index (χ0v) is 14.8. The van der Waals surface area contributed by atoms with E-state index in [0.717, 1.165) is 45.3 Å². The number of nitrogens with zero attached hydrogens (tertiary/aromatic N) is 3. The van der Waals surface area contributed by atoms with Gasteiger partial charge in [-0.05, 0) is 42.9 Å². The number of aliphatic hydroxyl groups excluding tert-OH is 1. The molecule has 2 aromatic rings. The molecule has 3 atom stereocenters. The van der Waals surface area contributed by atoms with E-state index in [2.05, 4.69) is 34.3 Å². The zero-order valence-electron chi connectivity index (χ0n) is 14.8. The fraction of sp³-hybridized carbons (Fsp3) is 0.550. The van der Waals surface area contributed by atoms with E-state index < -0.39 is 0 Å². The molecular formula is C20H27N3O2. The Morgan fingerprint density at radius 2 is 1.96 bits per heavy atom. The van der Waals surface area contributed by atoms with Crippen LogP contribution in [-0.4, -0.2) is 51.2 Å². The van der Waals surface area contributed by atoms with Crippen LogP contribution in [0.5, 0.6) is 0 Å². The minimum Gasteiger partial charge on any atom is -0.393 e. The van der Waals surface area contributed by atoms with Crippen molar-refractivity contribution in [3.63, 3.8) is 0 Å². The summed E-state index contributed by atoms with van der Waals surface area (Å²) in [5.41, 5.74) is 2.52. The molecule has 1 aliphatic heterocycles. The second kappa shape index (κ2) is 6.90. The smallest absolute Gasteiger partial charge is 0.0847 e. The minimum atomic E-state index is -0.190. The Hall–Kier alpha value is -1.69. The third-order valence-electron chi connectivity index (χ3n) is 5.99. The Bertz CT molecular complexity index is 685. The third-order valence-corrected chi connectivity index (χ3v) is 5.99. The Morgan fingerprint density at radius 1 is 1.20 bits per heavy atom. The highest BCUT2D eigenvalue weighted by Crippen LogP contribution is 2.42. The second-order valence-corrected chi connectivity index (χ2v) is 7.45. The molecule has 2 aliphatic rings. The van der Waals surface area contributed by atoms with Gasteiger partial charge in [-0.1, -0.05) is 24.3 Å². The number of fused-ring (bicyclic) bond motifs is 1. The lowest BCUT2D eigenvalue weighted by molar-refractivity contribution is -0.0879. The van der Waals surface area contributed by atoms with Crippen molar-refractivity contribution in [1.29, 1.82) is 0 Å². The maximum absolute atomic E-state index is 10.1. The van der Waals surface area contributed by atoms with Gasteiger partial charge in [-0.3, -0.25) is 9.58 Å². The maximum atomic E-state index is 10.1. The predicted octanol–water partition coefficient (Wildman–Crippen LogP) is 2.44. The Kier molecular flexibility index (Phi) is 4.63. The number of aromatic nitrogens is 2. The summed E-state index contributed by atoms with van der Waals surface area (Å²) in [4.78, 5) is 2.49. The van der Waals surface area contributed by atoms with E-state index >= 15 is 0 Å². The lowest BCUT2D eigenvalue weighted by atomic mass is 9.79. The van der Waals surface area contributed by atoms with E-state index in [1.807, 2.05) is 30.3 Å². The molecule has 0 bridgehead atoms. The number of rotatable bonds is 5. The summed E-state index contributed by atoms with van der Waals surface area (Å²) in [5, 5.41) is 14.4. The summed E-state index contributed by atoms with van der Waals surface area (Å²) in [6, 6.07) is 11.1. The highest BCUT2D eigenvalue weighted by molar-refractivity contribution is 5.23. The molecule has 1 saturated heterocycles. The standard InChI is InChI=1S/C20H27N3O2/c1-25-20-8-7-18(24)13-19(20)22(12-9-20)14-16-3-5-17(6-4-16)15-23-11-2-10-21-23/h2-6,10-11,18-19,24H,7-9,12-15H2,1H3/t18-,19-,20+/m0/s1. The molecule has 2 heterocycles. The lowest BCUT2D eigenvalue weighted by Gasteiger charge is -2.42. The largest absolute Gasteiger partial charge is 0.393 e. The van der Waals surface area contributed by atoms with Crippen molar-refractivity contribution >= 4 is 0 Å². The predicted molar refractivity (Wildman–Crippen MR) is 96.2 cm³/mol. The molecule has 134 valence electrons. The first-order valence-corrected chi connectivity index (χ1v) is 9.21. The van der Waals surface area contributed by atoms with Crippen LogP contribution in [0, 0.1) is 0 Å². The van der Waals surface area contributed by atoms with Gasteiger partial charge in [-0.15, -0.1) is 0 Å². The van der Waals surface area contributed by atoms with E-state index in [1.165, 1.54) is 11.1 Å². The number of benzene rings is 1. The summed E-state index contributed by atoms with van der Waals surface area (Å²) in [5.74, 6) is 0. The van der Waals surface area contributed by atoms with Gasteiger partial charge in [0.05, 0.1) is 18.2 Å². The third kappa shape index (κ3) is 3.36. The first kappa shape index (κ1) is 16.8. The van der Waals surface area contributed by atoms with Crippen molar-refractivity contribution < 1.29 is 9.84 Å². The van der Waals surface area contributed by atoms with Crippen molar-refractivity contribution in [2.45, 2.75) is 56.5 Å². The number of likely N-dealkylation sites (tertiary alicyclic amines) is 1. The molecule has 2 fully saturated rings. The molecule has 25 heavy (non-hydrogen) atoms. The quantitative estimate of drug-likeness (QED) is 0.907. The molecule has 0 spiro atoms. The van der Waals surface area contributed by atoms with Crippen LogP contribution in [0.25, 0.3) is 0 Å². The molecule has 5 nitrogen and oxygen atoms in total. The number of aliphatic hydroxyl groups is 1. The molecule has 1 aromatic heterocycles. The van der Waals surface area contributed by atoms with Gasteiger partial charge in [0.15, 0.2) is 0 Å². The van der Waals surface area contributed by atoms with Crippen molar-refractivity contribution in [2.75, 3.05) is 13.7 Å². The second-order valence-electron chi connectivity index (χ2n) is 7.45. The highest BCUT2D eigenvalue weighted by Gasteiger charge is 2.50. The lowest BCUT2D eigenvalue weighted by Crippen LogP contribution is -2.51. The van der Waals surface area contributed by atoms with Gasteiger partial charge in [0.1, 0.15) is 0 Å². The van der Waals surface area contributed by atoms with E-state index in [1.54, 1.807) is 0 Å². The number of ether oxygens (including phenoxy) is 1. The summed E-state index contributed by atoms with van der Waals surface area (Å²) in [6.45, 7) is 2.77. The molecule has 0 radical (unpaired) electrons. The molecule has 4 rings (SSSR count). The Balaban J connectivity index is 1.43. The fourth-order valence-electron chi connectivity index (χ4n) is 4.53. The molecule has 1 saturated carbocycles. The molecule has 0 amide bonds. The topological polar surface area (TPSA) is 50.5 Å². The molecule has 0 unspecified atom stereocenters. The van der Waals surface area contributed by atoms with Crippen LogP contribution in [-0.2, 0) is 17.8 Å². The van der Waals surface area contributed by atoms with Gasteiger partial charge < -0.3 is 9.84 Å². The molecule has 5 heteroatoms. The van der Waals surface area contributed by atoms with Crippen molar-refractivity contribution in [1.82, 2.24) is 14.7 Å². The normalized spacial score (nSPS) is 29.7. The van der Waals surface area contributed by atoms with Crippen molar-refractivity contribution in [3.05, 3.63) is 53.9 Å². The van der Waals surface area contributed by atoms with Gasteiger partial charge >= 0.3 is 0 Å². The first-order chi connectivity index (χ1) is 12.2. The molecule has 1 N–H and O–H groups in total. The minimum absolute atomic E-state index is 0.0563.